The van der Waals surface area contributed by atoms with Gasteiger partial charge in [0.05, 0.1) is 0 Å². The fourth-order valence-electron chi connectivity index (χ4n) is 3.10. The molecule has 2 unspecified atom stereocenters. The highest BCUT2D eigenvalue weighted by Gasteiger charge is 2.34. The summed E-state index contributed by atoms with van der Waals surface area (Å²) < 4.78 is 0. The van der Waals surface area contributed by atoms with E-state index in [0.29, 0.717) is 11.5 Å². The molecule has 1 rings (SSSR count). The van der Waals surface area contributed by atoms with E-state index < -0.39 is 0 Å². The zero-order valence-corrected chi connectivity index (χ0v) is 13.4. The second-order valence-corrected chi connectivity index (χ2v) is 7.09. The average molecular weight is 254 g/mol. The highest BCUT2D eigenvalue weighted by atomic mass is 15.2. The van der Waals surface area contributed by atoms with E-state index in [-0.39, 0.29) is 0 Å². The van der Waals surface area contributed by atoms with Crippen LogP contribution in [0.5, 0.6) is 0 Å². The largest absolute Gasteiger partial charge is 0.314 e. The minimum atomic E-state index is 0.354. The first-order valence-corrected chi connectivity index (χ1v) is 7.86. The van der Waals surface area contributed by atoms with Crippen molar-refractivity contribution in [2.75, 3.05) is 19.6 Å². The lowest BCUT2D eigenvalue weighted by atomic mass is 9.84. The Kier molecular flexibility index (Phi) is 6.13. The predicted molar refractivity (Wildman–Crippen MR) is 81.0 cm³/mol. The minimum absolute atomic E-state index is 0.354. The fourth-order valence-corrected chi connectivity index (χ4v) is 3.10. The molecule has 2 atom stereocenters. The van der Waals surface area contributed by atoms with Gasteiger partial charge >= 0.3 is 0 Å². The van der Waals surface area contributed by atoms with Crippen LogP contribution in [0.4, 0.5) is 0 Å². The molecule has 1 fully saturated rings. The molecule has 0 aliphatic carbocycles. The molecule has 0 saturated carbocycles. The maximum Gasteiger partial charge on any atom is 0.0119 e. The zero-order valence-electron chi connectivity index (χ0n) is 13.4. The van der Waals surface area contributed by atoms with E-state index >= 15 is 0 Å². The lowest BCUT2D eigenvalue weighted by Gasteiger charge is -2.39. The third kappa shape index (κ3) is 4.24. The summed E-state index contributed by atoms with van der Waals surface area (Å²) in [6.07, 6.45) is 4.00. The van der Waals surface area contributed by atoms with E-state index in [9.17, 15) is 0 Å². The molecular weight excluding hydrogens is 220 g/mol. The van der Waals surface area contributed by atoms with Gasteiger partial charge in [-0.1, -0.05) is 34.6 Å². The Bertz CT molecular complexity index is 235. The second kappa shape index (κ2) is 6.91. The lowest BCUT2D eigenvalue weighted by molar-refractivity contribution is 0.114. The smallest absolute Gasteiger partial charge is 0.0119 e. The minimum Gasteiger partial charge on any atom is -0.314 e. The molecule has 1 heterocycles. The van der Waals surface area contributed by atoms with E-state index in [0.717, 1.165) is 18.5 Å². The highest BCUT2D eigenvalue weighted by Crippen LogP contribution is 2.30. The fraction of sp³-hybridized carbons (Fsp3) is 1.00. The Morgan fingerprint density at radius 2 is 1.94 bits per heavy atom. The summed E-state index contributed by atoms with van der Waals surface area (Å²) in [4.78, 5) is 2.73. The Hall–Kier alpha value is -0.0800. The number of hydrogen-bond acceptors (Lipinski definition) is 2. The van der Waals surface area contributed by atoms with Crippen molar-refractivity contribution < 1.29 is 0 Å². The van der Waals surface area contributed by atoms with Crippen molar-refractivity contribution in [3.63, 3.8) is 0 Å². The van der Waals surface area contributed by atoms with Crippen LogP contribution < -0.4 is 5.32 Å². The topological polar surface area (TPSA) is 15.3 Å². The first-order chi connectivity index (χ1) is 8.38. The van der Waals surface area contributed by atoms with Gasteiger partial charge in [0.2, 0.25) is 0 Å². The maximum absolute atomic E-state index is 3.66. The molecular formula is C16H34N2. The number of hydrogen-bond donors (Lipinski definition) is 1. The molecule has 0 radical (unpaired) electrons. The van der Waals surface area contributed by atoms with Crippen LogP contribution in [0.15, 0.2) is 0 Å². The Balaban J connectivity index is 2.53. The molecule has 0 aromatic heterocycles. The summed E-state index contributed by atoms with van der Waals surface area (Å²) in [6.45, 7) is 17.8. The van der Waals surface area contributed by atoms with Gasteiger partial charge < -0.3 is 5.32 Å². The Labute approximate surface area is 115 Å². The molecule has 1 N–H and O–H groups in total. The van der Waals surface area contributed by atoms with Crippen LogP contribution in [0.1, 0.15) is 60.8 Å². The normalized spacial score (nSPS) is 23.8. The summed E-state index contributed by atoms with van der Waals surface area (Å²) in [5.41, 5.74) is 0.354. The quantitative estimate of drug-likeness (QED) is 0.748. The van der Waals surface area contributed by atoms with E-state index in [1.54, 1.807) is 0 Å². The molecule has 2 nitrogen and oxygen atoms in total. The van der Waals surface area contributed by atoms with E-state index in [4.69, 9.17) is 0 Å². The molecule has 18 heavy (non-hydrogen) atoms. The lowest BCUT2D eigenvalue weighted by Crippen LogP contribution is -2.48. The molecule has 0 amide bonds. The van der Waals surface area contributed by atoms with Gasteiger partial charge in [-0.05, 0) is 50.6 Å². The summed E-state index contributed by atoms with van der Waals surface area (Å²) in [7, 11) is 0. The third-order valence-electron chi connectivity index (χ3n) is 4.67. The molecule has 1 aliphatic rings. The Morgan fingerprint density at radius 1 is 1.28 bits per heavy atom. The van der Waals surface area contributed by atoms with Gasteiger partial charge in [0.1, 0.15) is 0 Å². The van der Waals surface area contributed by atoms with Gasteiger partial charge in [0.15, 0.2) is 0 Å². The molecule has 1 saturated heterocycles. The van der Waals surface area contributed by atoms with Crippen LogP contribution in [0.3, 0.4) is 0 Å². The number of nitrogens with one attached hydrogen (secondary N) is 1. The molecule has 2 heteroatoms. The van der Waals surface area contributed by atoms with Crippen LogP contribution in [0, 0.1) is 11.3 Å². The first kappa shape index (κ1) is 16.0. The number of likely N-dealkylation sites (tertiary alicyclic amines) is 1. The molecule has 108 valence electrons. The van der Waals surface area contributed by atoms with Crippen molar-refractivity contribution in [1.29, 1.82) is 0 Å². The molecule has 0 aromatic carbocycles. The summed E-state index contributed by atoms with van der Waals surface area (Å²) in [5.74, 6) is 0.794. The van der Waals surface area contributed by atoms with E-state index in [2.05, 4.69) is 51.8 Å². The van der Waals surface area contributed by atoms with E-state index in [1.165, 1.54) is 32.4 Å². The van der Waals surface area contributed by atoms with Gasteiger partial charge in [-0.15, -0.1) is 0 Å². The van der Waals surface area contributed by atoms with Gasteiger partial charge in [0.25, 0.3) is 0 Å². The van der Waals surface area contributed by atoms with Crippen molar-refractivity contribution in [1.82, 2.24) is 10.2 Å². The van der Waals surface area contributed by atoms with Crippen LogP contribution in [-0.4, -0.2) is 36.6 Å². The molecule has 0 aromatic rings. The molecule has 0 bridgehead atoms. The highest BCUT2D eigenvalue weighted by molar-refractivity contribution is 4.89. The van der Waals surface area contributed by atoms with Crippen molar-refractivity contribution in [3.05, 3.63) is 0 Å². The standard InChI is InChI=1S/C16H34N2/c1-7-10-17-14(4)16(5,6)12-18-11-8-9-15(18)13(2)3/h13-15,17H,7-12H2,1-6H3. The van der Waals surface area contributed by atoms with Crippen molar-refractivity contribution in [2.45, 2.75) is 72.9 Å². The van der Waals surface area contributed by atoms with Crippen LogP contribution in [-0.2, 0) is 0 Å². The second-order valence-electron chi connectivity index (χ2n) is 7.09. The van der Waals surface area contributed by atoms with Gasteiger partial charge in [-0.25, -0.2) is 0 Å². The van der Waals surface area contributed by atoms with Crippen LogP contribution in [0.25, 0.3) is 0 Å². The number of rotatable bonds is 7. The van der Waals surface area contributed by atoms with Gasteiger partial charge in [-0.2, -0.15) is 0 Å². The molecule has 0 spiro atoms. The SMILES string of the molecule is CCCNC(C)C(C)(C)CN1CCCC1C(C)C. The average Bonchev–Trinajstić information content (AvgIpc) is 2.73. The van der Waals surface area contributed by atoms with Gasteiger partial charge in [0, 0.05) is 18.6 Å². The predicted octanol–water partition coefficient (Wildman–Crippen LogP) is 3.52. The molecule has 1 aliphatic heterocycles. The van der Waals surface area contributed by atoms with Crippen molar-refractivity contribution >= 4 is 0 Å². The first-order valence-electron chi connectivity index (χ1n) is 7.86. The third-order valence-corrected chi connectivity index (χ3v) is 4.67. The summed E-state index contributed by atoms with van der Waals surface area (Å²) in [5, 5.41) is 3.66. The monoisotopic (exact) mass is 254 g/mol. The summed E-state index contributed by atoms with van der Waals surface area (Å²) >= 11 is 0. The number of nitrogens with zero attached hydrogens (tertiary/aromatic N) is 1. The van der Waals surface area contributed by atoms with E-state index in [1.807, 2.05) is 0 Å². The summed E-state index contributed by atoms with van der Waals surface area (Å²) in [6, 6.07) is 1.40. The zero-order chi connectivity index (χ0) is 13.8. The van der Waals surface area contributed by atoms with Gasteiger partial charge in [-0.3, -0.25) is 4.90 Å². The van der Waals surface area contributed by atoms with Crippen LogP contribution in [0.2, 0.25) is 0 Å². The van der Waals surface area contributed by atoms with Crippen molar-refractivity contribution in [2.24, 2.45) is 11.3 Å². The maximum atomic E-state index is 3.66. The Morgan fingerprint density at radius 3 is 2.50 bits per heavy atom. The van der Waals surface area contributed by atoms with Crippen LogP contribution >= 0.6 is 0 Å². The van der Waals surface area contributed by atoms with Crippen molar-refractivity contribution in [3.8, 4) is 0 Å².